The molecule has 3 fully saturated rings. The second-order valence-electron chi connectivity index (χ2n) is 10.7. The fourth-order valence-corrected chi connectivity index (χ4v) is 5.79. The summed E-state index contributed by atoms with van der Waals surface area (Å²) in [5.41, 5.74) is 4.65. The third-order valence-electron chi connectivity index (χ3n) is 8.24. The Hall–Kier alpha value is -2.87. The van der Waals surface area contributed by atoms with Gasteiger partial charge in [-0.3, -0.25) is 19.5 Å². The van der Waals surface area contributed by atoms with Crippen LogP contribution in [0.2, 0.25) is 0 Å². The summed E-state index contributed by atoms with van der Waals surface area (Å²) in [7, 11) is 0. The van der Waals surface area contributed by atoms with Crippen molar-refractivity contribution in [2.75, 3.05) is 62.2 Å². The topological polar surface area (TPSA) is 75.8 Å². The number of hydrogen-bond acceptors (Lipinski definition) is 6. The first-order valence-corrected chi connectivity index (χ1v) is 13.6. The average Bonchev–Trinajstić information content (AvgIpc) is 2.90. The number of piperazine rings is 2. The van der Waals surface area contributed by atoms with Crippen LogP contribution in [-0.4, -0.2) is 78.0 Å². The van der Waals surface area contributed by atoms with Gasteiger partial charge in [0.2, 0.25) is 11.9 Å². The number of aryl methyl sites for hydroxylation is 2. The van der Waals surface area contributed by atoms with Gasteiger partial charge in [-0.2, -0.15) is 0 Å². The number of H-pyrrole nitrogens is 1. The highest BCUT2D eigenvalue weighted by Crippen LogP contribution is 2.26. The molecule has 1 aromatic carbocycles. The predicted octanol–water partition coefficient (Wildman–Crippen LogP) is 2.94. The van der Waals surface area contributed by atoms with Gasteiger partial charge in [0.1, 0.15) is 0 Å². The molecule has 1 saturated carbocycles. The van der Waals surface area contributed by atoms with Crippen molar-refractivity contribution < 1.29 is 4.79 Å². The number of hydrogen-bond donors (Lipinski definition) is 1. The summed E-state index contributed by atoms with van der Waals surface area (Å²) in [6, 6.07) is 8.32. The van der Waals surface area contributed by atoms with Gasteiger partial charge in [-0.05, 0) is 49.9 Å². The maximum atomic E-state index is 12.9. The second kappa shape index (κ2) is 11.0. The maximum absolute atomic E-state index is 12.9. The Labute approximate surface area is 214 Å². The summed E-state index contributed by atoms with van der Waals surface area (Å²) in [4.78, 5) is 42.1. The van der Waals surface area contributed by atoms with E-state index in [1.54, 1.807) is 6.07 Å². The van der Waals surface area contributed by atoms with Crippen molar-refractivity contribution in [1.29, 1.82) is 0 Å². The fourth-order valence-electron chi connectivity index (χ4n) is 5.79. The molecule has 36 heavy (non-hydrogen) atoms. The number of amides is 1. The van der Waals surface area contributed by atoms with E-state index < -0.39 is 0 Å². The standard InChI is InChI=1S/C28H40N6O2/c1-21-8-9-25(18-22(21)2)32-12-10-31(11-13-32)20-24-19-26(35)30-28(29-24)34-16-14-33(15-17-34)27(36)23-6-4-3-5-7-23/h8-9,18-19,23H,3-7,10-17,20H2,1-2H3,(H,29,30,35). The first-order chi connectivity index (χ1) is 17.5. The Bertz CT molecular complexity index is 1110. The minimum Gasteiger partial charge on any atom is -0.369 e. The summed E-state index contributed by atoms with van der Waals surface area (Å²) < 4.78 is 0. The van der Waals surface area contributed by atoms with Crippen molar-refractivity contribution in [3.63, 3.8) is 0 Å². The highest BCUT2D eigenvalue weighted by atomic mass is 16.2. The van der Waals surface area contributed by atoms with Gasteiger partial charge < -0.3 is 14.7 Å². The number of nitrogens with one attached hydrogen (secondary N) is 1. The molecule has 3 aliphatic rings. The SMILES string of the molecule is Cc1ccc(N2CCN(Cc3cc(=O)[nH]c(N4CCN(C(=O)C5CCCCC5)CC4)n3)CC2)cc1C. The Kier molecular flexibility index (Phi) is 7.60. The summed E-state index contributed by atoms with van der Waals surface area (Å²) in [5, 5.41) is 0. The van der Waals surface area contributed by atoms with Crippen molar-refractivity contribution in [1.82, 2.24) is 19.8 Å². The molecule has 2 aromatic rings. The summed E-state index contributed by atoms with van der Waals surface area (Å²) >= 11 is 0. The van der Waals surface area contributed by atoms with E-state index in [9.17, 15) is 9.59 Å². The molecule has 1 amide bonds. The smallest absolute Gasteiger partial charge is 0.252 e. The van der Waals surface area contributed by atoms with Gasteiger partial charge in [0.15, 0.2) is 0 Å². The van der Waals surface area contributed by atoms with Gasteiger partial charge in [-0.15, -0.1) is 0 Å². The number of rotatable bonds is 5. The molecule has 0 spiro atoms. The third-order valence-corrected chi connectivity index (χ3v) is 8.24. The van der Waals surface area contributed by atoms with Crippen molar-refractivity contribution in [2.45, 2.75) is 52.5 Å². The average molecular weight is 493 g/mol. The molecule has 1 aliphatic carbocycles. The van der Waals surface area contributed by atoms with E-state index >= 15 is 0 Å². The van der Waals surface area contributed by atoms with E-state index in [1.807, 2.05) is 4.90 Å². The molecular formula is C28H40N6O2. The Morgan fingerprint density at radius 3 is 2.28 bits per heavy atom. The monoisotopic (exact) mass is 492 g/mol. The van der Waals surface area contributed by atoms with E-state index in [0.29, 0.717) is 44.6 Å². The van der Waals surface area contributed by atoms with Gasteiger partial charge in [0.05, 0.1) is 5.69 Å². The van der Waals surface area contributed by atoms with Crippen LogP contribution in [0.25, 0.3) is 0 Å². The highest BCUT2D eigenvalue weighted by Gasteiger charge is 2.29. The summed E-state index contributed by atoms with van der Waals surface area (Å²) in [5.74, 6) is 1.17. The third kappa shape index (κ3) is 5.75. The van der Waals surface area contributed by atoms with E-state index in [0.717, 1.165) is 44.7 Å². The number of carbonyl (C=O) groups is 1. The zero-order chi connectivity index (χ0) is 25.1. The van der Waals surface area contributed by atoms with Gasteiger partial charge in [-0.1, -0.05) is 25.3 Å². The van der Waals surface area contributed by atoms with Gasteiger partial charge in [0.25, 0.3) is 5.56 Å². The van der Waals surface area contributed by atoms with Gasteiger partial charge in [-0.25, -0.2) is 4.98 Å². The second-order valence-corrected chi connectivity index (χ2v) is 10.7. The lowest BCUT2D eigenvalue weighted by Crippen LogP contribution is -2.51. The molecule has 2 aliphatic heterocycles. The number of benzene rings is 1. The van der Waals surface area contributed by atoms with Gasteiger partial charge >= 0.3 is 0 Å². The summed E-state index contributed by atoms with van der Waals surface area (Å²) in [6.45, 7) is 11.6. The molecule has 5 rings (SSSR count). The van der Waals surface area contributed by atoms with E-state index in [2.05, 4.69) is 51.7 Å². The van der Waals surface area contributed by atoms with Crippen LogP contribution in [0, 0.1) is 19.8 Å². The van der Waals surface area contributed by atoms with Crippen molar-refractivity contribution in [3.05, 3.63) is 51.4 Å². The first kappa shape index (κ1) is 24.8. The van der Waals surface area contributed by atoms with Crippen molar-refractivity contribution in [2.24, 2.45) is 5.92 Å². The number of aromatic amines is 1. The van der Waals surface area contributed by atoms with Crippen LogP contribution in [0.15, 0.2) is 29.1 Å². The number of nitrogens with zero attached hydrogens (tertiary/aromatic N) is 5. The quantitative estimate of drug-likeness (QED) is 0.692. The van der Waals surface area contributed by atoms with E-state index in [4.69, 9.17) is 4.98 Å². The molecule has 3 heterocycles. The molecule has 1 aromatic heterocycles. The molecule has 2 saturated heterocycles. The predicted molar refractivity (Wildman–Crippen MR) is 144 cm³/mol. The molecule has 0 atom stereocenters. The lowest BCUT2D eigenvalue weighted by Gasteiger charge is -2.37. The van der Waals surface area contributed by atoms with E-state index in [1.165, 1.54) is 36.1 Å². The Morgan fingerprint density at radius 2 is 1.58 bits per heavy atom. The largest absolute Gasteiger partial charge is 0.369 e. The van der Waals surface area contributed by atoms with Crippen LogP contribution in [-0.2, 0) is 11.3 Å². The molecule has 194 valence electrons. The zero-order valence-corrected chi connectivity index (χ0v) is 21.8. The number of anilines is 2. The molecule has 0 unspecified atom stereocenters. The van der Waals surface area contributed by atoms with Crippen molar-refractivity contribution in [3.8, 4) is 0 Å². The van der Waals surface area contributed by atoms with Crippen LogP contribution >= 0.6 is 0 Å². The normalized spacial score (nSPS) is 20.1. The molecular weight excluding hydrogens is 452 g/mol. The number of aromatic nitrogens is 2. The minimum absolute atomic E-state index is 0.107. The van der Waals surface area contributed by atoms with Gasteiger partial charge in [0, 0.05) is 76.6 Å². The lowest BCUT2D eigenvalue weighted by atomic mass is 9.88. The molecule has 8 heteroatoms. The zero-order valence-electron chi connectivity index (χ0n) is 21.8. The van der Waals surface area contributed by atoms with Crippen LogP contribution in [0.3, 0.4) is 0 Å². The number of carbonyl (C=O) groups excluding carboxylic acids is 1. The lowest BCUT2D eigenvalue weighted by molar-refractivity contribution is -0.136. The van der Waals surface area contributed by atoms with Crippen molar-refractivity contribution >= 4 is 17.5 Å². The fraction of sp³-hybridized carbons (Fsp3) is 0.607. The Balaban J connectivity index is 1.15. The Morgan fingerprint density at radius 1 is 0.889 bits per heavy atom. The van der Waals surface area contributed by atoms with Crippen LogP contribution in [0.1, 0.15) is 48.9 Å². The highest BCUT2D eigenvalue weighted by molar-refractivity contribution is 5.79. The molecule has 0 bridgehead atoms. The van der Waals surface area contributed by atoms with Crippen LogP contribution < -0.4 is 15.4 Å². The minimum atomic E-state index is -0.107. The van der Waals surface area contributed by atoms with Crippen LogP contribution in [0.4, 0.5) is 11.6 Å². The molecule has 1 N–H and O–H groups in total. The first-order valence-electron chi connectivity index (χ1n) is 13.6. The van der Waals surface area contributed by atoms with Crippen LogP contribution in [0.5, 0.6) is 0 Å². The maximum Gasteiger partial charge on any atom is 0.252 e. The molecule has 0 radical (unpaired) electrons. The van der Waals surface area contributed by atoms with E-state index in [-0.39, 0.29) is 11.5 Å². The molecule has 8 nitrogen and oxygen atoms in total. The summed E-state index contributed by atoms with van der Waals surface area (Å²) in [6.07, 6.45) is 5.68.